The van der Waals surface area contributed by atoms with Gasteiger partial charge in [0.2, 0.25) is 0 Å². The fourth-order valence-corrected chi connectivity index (χ4v) is 2.24. The number of aliphatic hydroxyl groups excluding tert-OH is 1. The molecular weight excluding hydrogens is 324 g/mol. The Kier molecular flexibility index (Phi) is 5.05. The zero-order valence-corrected chi connectivity index (χ0v) is 12.5. The van der Waals surface area contributed by atoms with Crippen molar-refractivity contribution in [3.63, 3.8) is 0 Å². The SMILES string of the molecule is CC(=O)/C(N=Nc1cc(Cl)cc(S(=O)(=O)O)c1O)=C(\C)O. The number of Topliss-reactive ketones (excluding diaryl/α,β-unsaturated/α-hetero) is 1. The molecule has 1 aromatic carbocycles. The minimum absolute atomic E-state index is 0.136. The van der Waals surface area contributed by atoms with Crippen LogP contribution in [0.15, 0.2) is 38.7 Å². The Bertz CT molecular complexity index is 750. The molecule has 0 aliphatic rings. The lowest BCUT2D eigenvalue weighted by molar-refractivity contribution is -0.113. The highest BCUT2D eigenvalue weighted by Gasteiger charge is 2.20. The van der Waals surface area contributed by atoms with E-state index in [9.17, 15) is 23.4 Å². The van der Waals surface area contributed by atoms with Crippen LogP contribution in [0.4, 0.5) is 5.69 Å². The summed E-state index contributed by atoms with van der Waals surface area (Å²) >= 11 is 5.65. The summed E-state index contributed by atoms with van der Waals surface area (Å²) in [6.07, 6.45) is 0. The molecule has 0 aliphatic carbocycles. The van der Waals surface area contributed by atoms with Crippen molar-refractivity contribution in [2.24, 2.45) is 10.2 Å². The van der Waals surface area contributed by atoms with E-state index in [0.29, 0.717) is 0 Å². The largest absolute Gasteiger partial charge is 0.510 e. The third-order valence-electron chi connectivity index (χ3n) is 2.23. The molecule has 21 heavy (non-hydrogen) atoms. The number of phenols is 1. The lowest BCUT2D eigenvalue weighted by Gasteiger charge is -2.05. The topological polar surface area (TPSA) is 137 Å². The highest BCUT2D eigenvalue weighted by Crippen LogP contribution is 2.37. The summed E-state index contributed by atoms with van der Waals surface area (Å²) < 4.78 is 31.1. The molecule has 0 aliphatic heterocycles. The normalized spacial score (nSPS) is 13.3. The number of halogens is 1. The number of nitrogens with zero attached hydrogens (tertiary/aromatic N) is 2. The van der Waals surface area contributed by atoms with Gasteiger partial charge in [0.05, 0.1) is 0 Å². The Labute approximate surface area is 125 Å². The zero-order valence-electron chi connectivity index (χ0n) is 10.9. The maximum Gasteiger partial charge on any atom is 0.298 e. The fourth-order valence-electron chi connectivity index (χ4n) is 1.33. The van der Waals surface area contributed by atoms with Gasteiger partial charge in [-0.1, -0.05) is 11.6 Å². The number of allylic oxidation sites excluding steroid dienone is 2. The molecule has 8 nitrogen and oxygen atoms in total. The lowest BCUT2D eigenvalue weighted by Crippen LogP contribution is -1.99. The predicted molar refractivity (Wildman–Crippen MR) is 73.5 cm³/mol. The first-order valence-corrected chi connectivity index (χ1v) is 7.18. The number of carbonyl (C=O) groups excluding carboxylic acids is 1. The number of hydrogen-bond acceptors (Lipinski definition) is 7. The second-order valence-corrected chi connectivity index (χ2v) is 5.76. The number of rotatable bonds is 4. The minimum atomic E-state index is -4.71. The molecule has 0 radical (unpaired) electrons. The van der Waals surface area contributed by atoms with Gasteiger partial charge < -0.3 is 10.2 Å². The van der Waals surface area contributed by atoms with Gasteiger partial charge in [-0.2, -0.15) is 8.42 Å². The first-order chi connectivity index (χ1) is 9.54. The molecular formula is C11H11ClN2O6S. The zero-order chi connectivity index (χ0) is 16.4. The van der Waals surface area contributed by atoms with Gasteiger partial charge in [0.25, 0.3) is 10.1 Å². The quantitative estimate of drug-likeness (QED) is 0.335. The number of azo groups is 1. The second kappa shape index (κ2) is 6.20. The third kappa shape index (κ3) is 4.25. The Balaban J connectivity index is 3.44. The summed E-state index contributed by atoms with van der Waals surface area (Å²) in [5.41, 5.74) is -0.766. The van der Waals surface area contributed by atoms with E-state index in [1.165, 1.54) is 6.92 Å². The van der Waals surface area contributed by atoms with Crippen molar-refractivity contribution in [2.75, 3.05) is 0 Å². The molecule has 0 amide bonds. The summed E-state index contributed by atoms with van der Waals surface area (Å²) in [7, 11) is -4.71. The summed E-state index contributed by atoms with van der Waals surface area (Å²) in [4.78, 5) is 10.3. The second-order valence-electron chi connectivity index (χ2n) is 3.94. The van der Waals surface area contributed by atoms with Crippen molar-refractivity contribution in [1.29, 1.82) is 0 Å². The van der Waals surface area contributed by atoms with Gasteiger partial charge in [-0.05, 0) is 19.1 Å². The van der Waals surface area contributed by atoms with Crippen molar-refractivity contribution >= 4 is 33.2 Å². The first kappa shape index (κ1) is 17.1. The summed E-state index contributed by atoms with van der Waals surface area (Å²) in [5, 5.41) is 25.7. The number of aromatic hydroxyl groups is 1. The van der Waals surface area contributed by atoms with Crippen molar-refractivity contribution < 1.29 is 28.0 Å². The number of phenolic OH excluding ortho intramolecular Hbond substituents is 1. The van der Waals surface area contributed by atoms with Crippen LogP contribution in [0.5, 0.6) is 5.75 Å². The van der Waals surface area contributed by atoms with Crippen LogP contribution in [0.3, 0.4) is 0 Å². The predicted octanol–water partition coefficient (Wildman–Crippen LogP) is 2.75. The Morgan fingerprint density at radius 2 is 1.86 bits per heavy atom. The van der Waals surface area contributed by atoms with Crippen LogP contribution in [0.2, 0.25) is 5.02 Å². The van der Waals surface area contributed by atoms with Crippen LogP contribution in [0.25, 0.3) is 0 Å². The van der Waals surface area contributed by atoms with Crippen molar-refractivity contribution in [2.45, 2.75) is 18.7 Å². The van der Waals surface area contributed by atoms with E-state index in [4.69, 9.17) is 16.2 Å². The van der Waals surface area contributed by atoms with E-state index in [0.717, 1.165) is 19.1 Å². The van der Waals surface area contributed by atoms with Crippen LogP contribution in [0, 0.1) is 0 Å². The molecule has 0 saturated carbocycles. The molecule has 0 fully saturated rings. The molecule has 0 spiro atoms. The smallest absolute Gasteiger partial charge is 0.298 e. The molecule has 3 N–H and O–H groups in total. The average Bonchev–Trinajstić information content (AvgIpc) is 2.30. The van der Waals surface area contributed by atoms with Gasteiger partial charge in [0, 0.05) is 11.9 Å². The van der Waals surface area contributed by atoms with Crippen LogP contribution in [-0.2, 0) is 14.9 Å². The Morgan fingerprint density at radius 3 is 2.29 bits per heavy atom. The van der Waals surface area contributed by atoms with Crippen molar-refractivity contribution in [3.05, 3.63) is 28.6 Å². The monoisotopic (exact) mass is 334 g/mol. The van der Waals surface area contributed by atoms with E-state index in [1.54, 1.807) is 0 Å². The van der Waals surface area contributed by atoms with Gasteiger partial charge in [0.15, 0.2) is 17.2 Å². The molecule has 0 atom stereocenters. The molecule has 114 valence electrons. The van der Waals surface area contributed by atoms with E-state index in [1.807, 2.05) is 0 Å². The lowest BCUT2D eigenvalue weighted by atomic mass is 10.3. The van der Waals surface area contributed by atoms with Crippen LogP contribution < -0.4 is 0 Å². The number of aliphatic hydroxyl groups is 1. The van der Waals surface area contributed by atoms with Gasteiger partial charge in [-0.25, -0.2) is 0 Å². The van der Waals surface area contributed by atoms with Crippen molar-refractivity contribution in [1.82, 2.24) is 0 Å². The van der Waals surface area contributed by atoms with Gasteiger partial charge in [0.1, 0.15) is 16.3 Å². The standard InChI is InChI=1S/C11H11ClN2O6S/c1-5(15)10(6(2)16)14-13-8-3-7(12)4-9(11(8)17)21(18,19)20/h3-4,15,17H,1-2H3,(H,18,19,20)/b10-5-,14-13?. The third-order valence-corrected chi connectivity index (χ3v) is 3.32. The molecule has 10 heteroatoms. The van der Waals surface area contributed by atoms with Crippen LogP contribution in [-0.4, -0.2) is 29.0 Å². The summed E-state index contributed by atoms with van der Waals surface area (Å²) in [5.74, 6) is -1.87. The van der Waals surface area contributed by atoms with Crippen LogP contribution >= 0.6 is 11.6 Å². The fraction of sp³-hybridized carbons (Fsp3) is 0.182. The van der Waals surface area contributed by atoms with Gasteiger partial charge >= 0.3 is 0 Å². The van der Waals surface area contributed by atoms with E-state index >= 15 is 0 Å². The highest BCUT2D eigenvalue weighted by atomic mass is 35.5. The summed E-state index contributed by atoms with van der Waals surface area (Å²) in [6.45, 7) is 2.34. The van der Waals surface area contributed by atoms with Crippen molar-refractivity contribution in [3.8, 4) is 5.75 Å². The highest BCUT2D eigenvalue weighted by molar-refractivity contribution is 7.86. The maximum atomic E-state index is 11.2. The number of carbonyl (C=O) groups is 1. The number of benzene rings is 1. The Hall–Kier alpha value is -1.97. The van der Waals surface area contributed by atoms with E-state index < -0.39 is 38.0 Å². The first-order valence-electron chi connectivity index (χ1n) is 5.36. The maximum absolute atomic E-state index is 11.2. The molecule has 0 aromatic heterocycles. The Morgan fingerprint density at radius 1 is 1.29 bits per heavy atom. The van der Waals surface area contributed by atoms with Gasteiger partial charge in [-0.3, -0.25) is 9.35 Å². The molecule has 1 rings (SSSR count). The van der Waals surface area contributed by atoms with Gasteiger partial charge in [-0.15, -0.1) is 10.2 Å². The molecule has 0 saturated heterocycles. The molecule has 0 heterocycles. The van der Waals surface area contributed by atoms with E-state index in [2.05, 4.69) is 10.2 Å². The number of ketones is 1. The summed E-state index contributed by atoms with van der Waals surface area (Å²) in [6, 6.07) is 1.89. The van der Waals surface area contributed by atoms with E-state index in [-0.39, 0.29) is 10.7 Å². The average molecular weight is 335 g/mol. The molecule has 0 bridgehead atoms. The van der Waals surface area contributed by atoms with Crippen LogP contribution in [0.1, 0.15) is 13.8 Å². The molecule has 0 unspecified atom stereocenters. The minimum Gasteiger partial charge on any atom is -0.510 e. The molecule has 1 aromatic rings. The number of hydrogen-bond donors (Lipinski definition) is 3.